The van der Waals surface area contributed by atoms with Crippen molar-refractivity contribution in [2.45, 2.75) is 70.6 Å². The maximum atomic E-state index is 13.8. The molecule has 2 amide bonds. The number of hydrogen-bond donors (Lipinski definition) is 3. The van der Waals surface area contributed by atoms with E-state index in [-0.39, 0.29) is 29.5 Å². The molecule has 3 aromatic rings. The van der Waals surface area contributed by atoms with Crippen LogP contribution in [0.5, 0.6) is 0 Å². The molecule has 10 nitrogen and oxygen atoms in total. The van der Waals surface area contributed by atoms with E-state index in [0.717, 1.165) is 11.1 Å². The van der Waals surface area contributed by atoms with Crippen LogP contribution in [-0.4, -0.2) is 57.6 Å². The van der Waals surface area contributed by atoms with Crippen molar-refractivity contribution in [2.24, 2.45) is 5.92 Å². The second-order valence-electron chi connectivity index (χ2n) is 11.6. The number of nitrogens with one attached hydrogen (secondary N) is 2. The standard InChI is InChI=1S/C31H37BN4O6/c1-20(2)17-26(32-41-30(3,4)31(5,42-32)23-13-11-22(12-14-23)29(39)40)36-27(37)24(18-21-9-7-6-8-10-21)35-28(38)25-19-33-15-16-34-25/h6-16,19-20,24,26H,17-18H2,1-5H3,(H,35,38)(H,36,37)(H,39,40). The fourth-order valence-corrected chi connectivity index (χ4v) is 5.05. The fraction of sp³-hybridized carbons (Fsp3) is 0.387. The quantitative estimate of drug-likeness (QED) is 0.295. The van der Waals surface area contributed by atoms with E-state index in [9.17, 15) is 19.5 Å². The van der Waals surface area contributed by atoms with E-state index in [0.29, 0.717) is 6.42 Å². The minimum absolute atomic E-state index is 0.107. The van der Waals surface area contributed by atoms with Crippen molar-refractivity contribution in [3.05, 3.63) is 95.6 Å². The molecule has 3 unspecified atom stereocenters. The Labute approximate surface area is 246 Å². The van der Waals surface area contributed by atoms with Gasteiger partial charge >= 0.3 is 13.1 Å². The summed E-state index contributed by atoms with van der Waals surface area (Å²) < 4.78 is 13.0. The molecular formula is C31H37BN4O6. The van der Waals surface area contributed by atoms with Gasteiger partial charge in [-0.1, -0.05) is 56.3 Å². The largest absolute Gasteiger partial charge is 0.482 e. The molecule has 0 aliphatic carbocycles. The average molecular weight is 572 g/mol. The third-order valence-electron chi connectivity index (χ3n) is 7.68. The Balaban J connectivity index is 1.58. The second kappa shape index (κ2) is 12.8. The van der Waals surface area contributed by atoms with Gasteiger partial charge < -0.3 is 25.0 Å². The first-order chi connectivity index (χ1) is 19.9. The van der Waals surface area contributed by atoms with Crippen LogP contribution in [0.3, 0.4) is 0 Å². The van der Waals surface area contributed by atoms with Crippen molar-refractivity contribution in [1.82, 2.24) is 20.6 Å². The molecule has 1 aliphatic heterocycles. The van der Waals surface area contributed by atoms with Gasteiger partial charge in [0.05, 0.1) is 23.3 Å². The Bertz CT molecular complexity index is 1390. The normalized spacial score (nSPS) is 19.2. The van der Waals surface area contributed by atoms with E-state index >= 15 is 0 Å². The lowest BCUT2D eigenvalue weighted by Gasteiger charge is -2.37. The van der Waals surface area contributed by atoms with E-state index in [1.165, 1.54) is 30.7 Å². The molecule has 2 heterocycles. The smallest absolute Gasteiger partial charge is 0.478 e. The third kappa shape index (κ3) is 7.03. The summed E-state index contributed by atoms with van der Waals surface area (Å²) >= 11 is 0. The molecule has 1 fully saturated rings. The van der Waals surface area contributed by atoms with E-state index in [1.807, 2.05) is 65.0 Å². The summed E-state index contributed by atoms with van der Waals surface area (Å²) in [5.74, 6) is -2.25. The van der Waals surface area contributed by atoms with Crippen molar-refractivity contribution in [2.75, 3.05) is 0 Å². The molecular weight excluding hydrogens is 535 g/mol. The maximum Gasteiger partial charge on any atom is 0.482 e. The van der Waals surface area contributed by atoms with Crippen LogP contribution in [0.15, 0.2) is 73.2 Å². The Hall–Kier alpha value is -4.09. The van der Waals surface area contributed by atoms with Crippen LogP contribution < -0.4 is 10.6 Å². The molecule has 42 heavy (non-hydrogen) atoms. The molecule has 1 saturated heterocycles. The predicted octanol–water partition coefficient (Wildman–Crippen LogP) is 3.82. The van der Waals surface area contributed by atoms with Crippen LogP contribution in [0.25, 0.3) is 0 Å². The Morgan fingerprint density at radius 1 is 0.952 bits per heavy atom. The topological polar surface area (TPSA) is 140 Å². The number of carbonyl (C=O) groups is 3. The van der Waals surface area contributed by atoms with E-state index in [2.05, 4.69) is 20.6 Å². The monoisotopic (exact) mass is 572 g/mol. The number of carboxylic acids is 1. The summed E-state index contributed by atoms with van der Waals surface area (Å²) in [4.78, 5) is 46.2. The zero-order valence-corrected chi connectivity index (χ0v) is 24.5. The van der Waals surface area contributed by atoms with Gasteiger partial charge in [-0.2, -0.15) is 0 Å². The Morgan fingerprint density at radius 2 is 1.64 bits per heavy atom. The highest BCUT2D eigenvalue weighted by Crippen LogP contribution is 2.46. The van der Waals surface area contributed by atoms with Gasteiger partial charge in [-0.05, 0) is 56.4 Å². The lowest BCUT2D eigenvalue weighted by Crippen LogP contribution is -2.55. The van der Waals surface area contributed by atoms with Crippen LogP contribution in [-0.2, 0) is 26.1 Å². The van der Waals surface area contributed by atoms with Gasteiger partial charge in [-0.15, -0.1) is 0 Å². The Kier molecular flexibility index (Phi) is 9.43. The first kappa shape index (κ1) is 30.9. The van der Waals surface area contributed by atoms with E-state index in [4.69, 9.17) is 9.31 Å². The molecule has 1 aliphatic rings. The van der Waals surface area contributed by atoms with Crippen LogP contribution in [0.2, 0.25) is 0 Å². The molecule has 0 radical (unpaired) electrons. The predicted molar refractivity (Wildman–Crippen MR) is 158 cm³/mol. The molecule has 11 heteroatoms. The molecule has 4 rings (SSSR count). The highest BCUT2D eigenvalue weighted by molar-refractivity contribution is 6.48. The highest BCUT2D eigenvalue weighted by Gasteiger charge is 2.57. The van der Waals surface area contributed by atoms with Crippen LogP contribution in [0.4, 0.5) is 0 Å². The first-order valence-corrected chi connectivity index (χ1v) is 14.0. The van der Waals surface area contributed by atoms with Crippen molar-refractivity contribution in [3.8, 4) is 0 Å². The number of benzene rings is 2. The van der Waals surface area contributed by atoms with Crippen molar-refractivity contribution >= 4 is 24.9 Å². The maximum absolute atomic E-state index is 13.8. The van der Waals surface area contributed by atoms with Gasteiger partial charge in [0.1, 0.15) is 17.3 Å². The number of amides is 2. The first-order valence-electron chi connectivity index (χ1n) is 14.0. The molecule has 0 bridgehead atoms. The SMILES string of the molecule is CC(C)CC(NC(=O)C(Cc1ccccc1)NC(=O)c1cnccn1)B1OC(C)(C)C(C)(c2ccc(C(=O)O)cc2)O1. The average Bonchev–Trinajstić information content (AvgIpc) is 3.22. The van der Waals surface area contributed by atoms with Crippen LogP contribution in [0, 0.1) is 5.92 Å². The summed E-state index contributed by atoms with van der Waals surface area (Å²) in [7, 11) is -0.802. The molecule has 3 N–H and O–H groups in total. The van der Waals surface area contributed by atoms with E-state index < -0.39 is 42.2 Å². The molecule has 0 saturated carbocycles. The Morgan fingerprint density at radius 3 is 2.24 bits per heavy atom. The highest BCUT2D eigenvalue weighted by atomic mass is 16.7. The molecule has 2 aromatic carbocycles. The summed E-state index contributed by atoms with van der Waals surface area (Å²) in [6.45, 7) is 9.80. The van der Waals surface area contributed by atoms with Gasteiger partial charge in [0.2, 0.25) is 5.91 Å². The van der Waals surface area contributed by atoms with Gasteiger partial charge in [0.25, 0.3) is 5.91 Å². The van der Waals surface area contributed by atoms with Gasteiger partial charge in [-0.25, -0.2) is 9.78 Å². The summed E-state index contributed by atoms with van der Waals surface area (Å²) in [6.07, 6.45) is 5.05. The lowest BCUT2D eigenvalue weighted by molar-refractivity contribution is -0.123. The van der Waals surface area contributed by atoms with Gasteiger partial charge in [-0.3, -0.25) is 14.6 Å². The number of hydrogen-bond acceptors (Lipinski definition) is 7. The number of rotatable bonds is 11. The summed E-state index contributed by atoms with van der Waals surface area (Å²) in [5.41, 5.74) is 0.173. The van der Waals surface area contributed by atoms with Crippen molar-refractivity contribution < 1.29 is 28.8 Å². The summed E-state index contributed by atoms with van der Waals surface area (Å²) in [6, 6.07) is 15.1. The molecule has 220 valence electrons. The molecule has 1 aromatic heterocycles. The van der Waals surface area contributed by atoms with Crippen LogP contribution in [0.1, 0.15) is 73.0 Å². The zero-order chi connectivity index (χ0) is 30.5. The number of aromatic nitrogens is 2. The second-order valence-corrected chi connectivity index (χ2v) is 11.6. The van der Waals surface area contributed by atoms with E-state index in [1.54, 1.807) is 12.1 Å². The zero-order valence-electron chi connectivity index (χ0n) is 24.5. The minimum atomic E-state index is -1.01. The molecule has 0 spiro atoms. The summed E-state index contributed by atoms with van der Waals surface area (Å²) in [5, 5.41) is 15.2. The lowest BCUT2D eigenvalue weighted by atomic mass is 9.73. The minimum Gasteiger partial charge on any atom is -0.478 e. The van der Waals surface area contributed by atoms with Crippen molar-refractivity contribution in [3.63, 3.8) is 0 Å². The number of nitrogens with zero attached hydrogens (tertiary/aromatic N) is 2. The fourth-order valence-electron chi connectivity index (χ4n) is 5.05. The van der Waals surface area contributed by atoms with Crippen LogP contribution >= 0.6 is 0 Å². The van der Waals surface area contributed by atoms with Gasteiger partial charge in [0, 0.05) is 18.8 Å². The number of aromatic carboxylic acids is 1. The van der Waals surface area contributed by atoms with Crippen molar-refractivity contribution in [1.29, 1.82) is 0 Å². The third-order valence-corrected chi connectivity index (χ3v) is 7.68. The van der Waals surface area contributed by atoms with Gasteiger partial charge in [0.15, 0.2) is 0 Å². The number of carbonyl (C=O) groups excluding carboxylic acids is 2. The number of carboxylic acid groups (broad SMARTS) is 1. The molecule has 3 atom stereocenters.